The van der Waals surface area contributed by atoms with E-state index in [1.54, 1.807) is 0 Å². The molecule has 6 heteroatoms. The van der Waals surface area contributed by atoms with Gasteiger partial charge in [-0.2, -0.15) is 0 Å². The summed E-state index contributed by atoms with van der Waals surface area (Å²) in [5.41, 5.74) is 1.24. The molecule has 1 atom stereocenters. The molecule has 3 aliphatic rings. The SMILES string of the molecule is CCNC(=NCc1ccnc(N2CCCCCC2)c1)NC1CCN(C2CCCC2)C1. The van der Waals surface area contributed by atoms with Crippen LogP contribution in [-0.4, -0.2) is 60.7 Å². The van der Waals surface area contributed by atoms with E-state index >= 15 is 0 Å². The van der Waals surface area contributed by atoms with Crippen LogP contribution in [0.5, 0.6) is 0 Å². The highest BCUT2D eigenvalue weighted by molar-refractivity contribution is 5.80. The quantitative estimate of drug-likeness (QED) is 0.553. The molecule has 0 aromatic carbocycles. The maximum Gasteiger partial charge on any atom is 0.191 e. The van der Waals surface area contributed by atoms with Gasteiger partial charge < -0.3 is 15.5 Å². The molecule has 30 heavy (non-hydrogen) atoms. The van der Waals surface area contributed by atoms with Gasteiger partial charge in [-0.15, -0.1) is 0 Å². The van der Waals surface area contributed by atoms with Gasteiger partial charge in [-0.05, 0) is 56.7 Å². The van der Waals surface area contributed by atoms with Crippen molar-refractivity contribution in [1.29, 1.82) is 0 Å². The number of pyridine rings is 1. The highest BCUT2D eigenvalue weighted by atomic mass is 15.3. The predicted molar refractivity (Wildman–Crippen MR) is 125 cm³/mol. The third-order valence-electron chi connectivity index (χ3n) is 6.91. The average Bonchev–Trinajstić information content (AvgIpc) is 3.39. The van der Waals surface area contributed by atoms with Crippen molar-refractivity contribution in [3.8, 4) is 0 Å². The number of likely N-dealkylation sites (tertiary alicyclic amines) is 1. The summed E-state index contributed by atoms with van der Waals surface area (Å²) in [5, 5.41) is 7.14. The van der Waals surface area contributed by atoms with Gasteiger partial charge in [0, 0.05) is 51.0 Å². The molecule has 166 valence electrons. The third-order valence-corrected chi connectivity index (χ3v) is 6.91. The summed E-state index contributed by atoms with van der Waals surface area (Å²) in [6, 6.07) is 5.67. The number of guanidine groups is 1. The summed E-state index contributed by atoms with van der Waals surface area (Å²) in [7, 11) is 0. The molecule has 6 nitrogen and oxygen atoms in total. The normalized spacial score (nSPS) is 24.2. The van der Waals surface area contributed by atoms with E-state index < -0.39 is 0 Å². The van der Waals surface area contributed by atoms with E-state index in [9.17, 15) is 0 Å². The van der Waals surface area contributed by atoms with Crippen molar-refractivity contribution in [2.24, 2.45) is 4.99 Å². The fourth-order valence-corrected chi connectivity index (χ4v) is 5.22. The first-order chi connectivity index (χ1) is 14.8. The van der Waals surface area contributed by atoms with E-state index in [2.05, 4.69) is 44.5 Å². The van der Waals surface area contributed by atoms with Gasteiger partial charge in [-0.3, -0.25) is 4.90 Å². The van der Waals surface area contributed by atoms with Crippen LogP contribution in [0.25, 0.3) is 0 Å². The molecule has 3 fully saturated rings. The predicted octanol–water partition coefficient (Wildman–Crippen LogP) is 3.53. The topological polar surface area (TPSA) is 55.8 Å². The maximum atomic E-state index is 4.90. The number of nitrogens with one attached hydrogen (secondary N) is 2. The minimum atomic E-state index is 0.508. The molecule has 2 N–H and O–H groups in total. The zero-order chi connectivity index (χ0) is 20.6. The van der Waals surface area contributed by atoms with Crippen LogP contribution < -0.4 is 15.5 Å². The van der Waals surface area contributed by atoms with Crippen molar-refractivity contribution in [3.05, 3.63) is 23.9 Å². The van der Waals surface area contributed by atoms with E-state index in [4.69, 9.17) is 4.99 Å². The van der Waals surface area contributed by atoms with Crippen LogP contribution in [-0.2, 0) is 6.54 Å². The van der Waals surface area contributed by atoms with Crippen LogP contribution in [0.15, 0.2) is 23.3 Å². The number of hydrogen-bond donors (Lipinski definition) is 2. The number of nitrogens with zero attached hydrogens (tertiary/aromatic N) is 4. The van der Waals surface area contributed by atoms with E-state index in [0.29, 0.717) is 12.6 Å². The van der Waals surface area contributed by atoms with Gasteiger partial charge in [0.25, 0.3) is 0 Å². The summed E-state index contributed by atoms with van der Waals surface area (Å²) in [5.74, 6) is 2.06. The van der Waals surface area contributed by atoms with Gasteiger partial charge in [0.05, 0.1) is 6.54 Å². The smallest absolute Gasteiger partial charge is 0.191 e. The first-order valence-corrected chi connectivity index (χ1v) is 12.3. The first-order valence-electron chi connectivity index (χ1n) is 12.3. The molecule has 4 rings (SSSR count). The zero-order valence-corrected chi connectivity index (χ0v) is 18.8. The fraction of sp³-hybridized carbons (Fsp3) is 0.750. The summed E-state index contributed by atoms with van der Waals surface area (Å²) in [6.07, 6.45) is 14.0. The Hall–Kier alpha value is -1.82. The zero-order valence-electron chi connectivity index (χ0n) is 18.8. The van der Waals surface area contributed by atoms with Gasteiger partial charge in [-0.25, -0.2) is 9.98 Å². The Labute approximate surface area is 182 Å². The largest absolute Gasteiger partial charge is 0.357 e. The van der Waals surface area contributed by atoms with Crippen LogP contribution >= 0.6 is 0 Å². The lowest BCUT2D eigenvalue weighted by atomic mass is 10.2. The molecule has 0 bridgehead atoms. The molecule has 1 aliphatic carbocycles. The standard InChI is InChI=1S/C24H40N6/c1-2-25-24(28-21-12-16-30(19-21)22-9-5-6-10-22)27-18-20-11-13-26-23(17-20)29-14-7-3-4-8-15-29/h11,13,17,21-22H,2-10,12,14-16,18-19H2,1H3,(H2,25,27,28). The number of aromatic nitrogens is 1. The highest BCUT2D eigenvalue weighted by Gasteiger charge is 2.30. The van der Waals surface area contributed by atoms with Gasteiger partial charge in [-0.1, -0.05) is 25.7 Å². The molecule has 3 heterocycles. The molecule has 2 saturated heterocycles. The lowest BCUT2D eigenvalue weighted by Crippen LogP contribution is -2.45. The molecule has 1 aromatic heterocycles. The molecule has 0 spiro atoms. The molecule has 1 aromatic rings. The van der Waals surface area contributed by atoms with Crippen molar-refractivity contribution in [2.45, 2.75) is 83.3 Å². The number of anilines is 1. The molecule has 1 saturated carbocycles. The van der Waals surface area contributed by atoms with Crippen molar-refractivity contribution < 1.29 is 0 Å². The Morgan fingerprint density at radius 1 is 1.07 bits per heavy atom. The van der Waals surface area contributed by atoms with Gasteiger partial charge >= 0.3 is 0 Å². The third kappa shape index (κ3) is 5.87. The molecular weight excluding hydrogens is 372 g/mol. The lowest BCUT2D eigenvalue weighted by molar-refractivity contribution is 0.242. The van der Waals surface area contributed by atoms with Gasteiger partial charge in [0.1, 0.15) is 5.82 Å². The molecule has 2 aliphatic heterocycles. The van der Waals surface area contributed by atoms with E-state index in [1.165, 1.54) is 69.9 Å². The van der Waals surface area contributed by atoms with Crippen molar-refractivity contribution in [2.75, 3.05) is 37.6 Å². The number of rotatable bonds is 6. The molecule has 1 unspecified atom stereocenters. The molecular formula is C24H40N6. The van der Waals surface area contributed by atoms with Gasteiger partial charge in [0.15, 0.2) is 5.96 Å². The Morgan fingerprint density at radius 2 is 1.87 bits per heavy atom. The van der Waals surface area contributed by atoms with Crippen molar-refractivity contribution in [1.82, 2.24) is 20.5 Å². The van der Waals surface area contributed by atoms with E-state index in [-0.39, 0.29) is 0 Å². The van der Waals surface area contributed by atoms with Crippen LogP contribution in [0.2, 0.25) is 0 Å². The van der Waals surface area contributed by atoms with Crippen LogP contribution in [0.4, 0.5) is 5.82 Å². The Kier molecular flexibility index (Phi) is 7.84. The summed E-state index contributed by atoms with van der Waals surface area (Å²) < 4.78 is 0. The van der Waals surface area contributed by atoms with Gasteiger partial charge in [0.2, 0.25) is 0 Å². The second-order valence-electron chi connectivity index (χ2n) is 9.18. The van der Waals surface area contributed by atoms with Crippen molar-refractivity contribution in [3.63, 3.8) is 0 Å². The Bertz CT molecular complexity index is 676. The summed E-state index contributed by atoms with van der Waals surface area (Å²) in [6.45, 7) is 8.36. The average molecular weight is 413 g/mol. The van der Waals surface area contributed by atoms with Crippen LogP contribution in [0.1, 0.15) is 70.3 Å². The minimum Gasteiger partial charge on any atom is -0.357 e. The number of hydrogen-bond acceptors (Lipinski definition) is 4. The van der Waals surface area contributed by atoms with E-state index in [0.717, 1.165) is 44.0 Å². The second-order valence-corrected chi connectivity index (χ2v) is 9.18. The highest BCUT2D eigenvalue weighted by Crippen LogP contribution is 2.26. The Balaban J connectivity index is 1.34. The van der Waals surface area contributed by atoms with Crippen LogP contribution in [0.3, 0.4) is 0 Å². The summed E-state index contributed by atoms with van der Waals surface area (Å²) >= 11 is 0. The molecule has 0 radical (unpaired) electrons. The number of aliphatic imine (C=N–C) groups is 1. The van der Waals surface area contributed by atoms with E-state index in [1.807, 2.05) is 6.20 Å². The summed E-state index contributed by atoms with van der Waals surface area (Å²) in [4.78, 5) is 14.7. The van der Waals surface area contributed by atoms with Crippen LogP contribution in [0, 0.1) is 0 Å². The Morgan fingerprint density at radius 3 is 2.63 bits per heavy atom. The minimum absolute atomic E-state index is 0.508. The monoisotopic (exact) mass is 412 g/mol. The second kappa shape index (κ2) is 11.0. The lowest BCUT2D eigenvalue weighted by Gasteiger charge is -2.24. The first kappa shape index (κ1) is 21.4. The maximum absolute atomic E-state index is 4.90. The molecule has 0 amide bonds. The fourth-order valence-electron chi connectivity index (χ4n) is 5.22. The van der Waals surface area contributed by atoms with Crippen molar-refractivity contribution >= 4 is 11.8 Å².